The first-order valence-corrected chi connectivity index (χ1v) is 10.2. The summed E-state index contributed by atoms with van der Waals surface area (Å²) in [4.78, 5) is 17.9. The maximum atomic E-state index is 12.7. The molecule has 1 saturated heterocycles. The number of aromatic nitrogens is 1. The average Bonchev–Trinajstić information content (AvgIpc) is 3.29. The number of hydrogen-bond acceptors (Lipinski definition) is 7. The monoisotopic (exact) mass is 420 g/mol. The third-order valence-corrected chi connectivity index (χ3v) is 6.78. The van der Waals surface area contributed by atoms with E-state index in [9.17, 15) is 31.5 Å². The van der Waals surface area contributed by atoms with Crippen molar-refractivity contribution in [3.8, 4) is 0 Å². The number of sulfone groups is 1. The molecule has 2 aromatic rings. The number of anilines is 1. The van der Waals surface area contributed by atoms with Crippen LogP contribution in [-0.2, 0) is 9.84 Å². The van der Waals surface area contributed by atoms with Gasteiger partial charge in [0, 0.05) is 31.2 Å². The van der Waals surface area contributed by atoms with Crippen molar-refractivity contribution in [1.29, 1.82) is 0 Å². The summed E-state index contributed by atoms with van der Waals surface area (Å²) in [5.74, 6) is -0.465. The van der Waals surface area contributed by atoms with E-state index in [1.807, 2.05) is 4.90 Å². The van der Waals surface area contributed by atoms with E-state index in [1.165, 1.54) is 12.3 Å². The van der Waals surface area contributed by atoms with Crippen LogP contribution in [-0.4, -0.2) is 49.5 Å². The normalized spacial score (nSPS) is 18.1. The second kappa shape index (κ2) is 7.21. The molecule has 1 aliphatic rings. The molecule has 1 aliphatic heterocycles. The highest BCUT2D eigenvalue weighted by atomic mass is 32.2. The van der Waals surface area contributed by atoms with Crippen molar-refractivity contribution in [2.75, 3.05) is 24.6 Å². The van der Waals surface area contributed by atoms with Gasteiger partial charge in [0.05, 0.1) is 16.0 Å². The number of nitrogens with zero attached hydrogens (tertiary/aromatic N) is 2. The highest BCUT2D eigenvalue weighted by Gasteiger charge is 2.47. The van der Waals surface area contributed by atoms with Crippen molar-refractivity contribution in [1.82, 2.24) is 4.98 Å². The molecule has 6 nitrogen and oxygen atoms in total. The second-order valence-corrected chi connectivity index (χ2v) is 9.05. The average molecular weight is 420 g/mol. The van der Waals surface area contributed by atoms with Gasteiger partial charge in [-0.15, -0.1) is 0 Å². The first kappa shape index (κ1) is 19.8. The molecule has 1 aromatic carbocycles. The molecule has 0 radical (unpaired) electrons. The van der Waals surface area contributed by atoms with E-state index in [2.05, 4.69) is 4.98 Å². The number of thiazole rings is 1. The molecule has 1 N–H and O–H groups in total. The highest BCUT2D eigenvalue weighted by molar-refractivity contribution is 7.92. The van der Waals surface area contributed by atoms with Crippen molar-refractivity contribution in [3.05, 3.63) is 40.9 Å². The van der Waals surface area contributed by atoms with Crippen LogP contribution in [0.1, 0.15) is 21.7 Å². The van der Waals surface area contributed by atoms with Crippen LogP contribution in [0.25, 0.3) is 0 Å². The number of benzene rings is 1. The van der Waals surface area contributed by atoms with Crippen LogP contribution in [0.5, 0.6) is 0 Å². The molecule has 0 aliphatic carbocycles. The molecule has 0 spiro atoms. The van der Waals surface area contributed by atoms with Crippen LogP contribution in [0.4, 0.5) is 18.3 Å². The zero-order chi connectivity index (χ0) is 19.8. The second-order valence-electron chi connectivity index (χ2n) is 6.10. The fraction of sp³-hybridized carbons (Fsp3) is 0.375. The van der Waals surface area contributed by atoms with Crippen molar-refractivity contribution in [2.45, 2.75) is 16.8 Å². The number of aliphatic hydroxyl groups excluding tert-OH is 1. The van der Waals surface area contributed by atoms with Crippen molar-refractivity contribution >= 4 is 32.1 Å². The lowest BCUT2D eigenvalue weighted by Gasteiger charge is -2.13. The summed E-state index contributed by atoms with van der Waals surface area (Å²) in [6.07, 6.45) is 2.12. The molecule has 146 valence electrons. The van der Waals surface area contributed by atoms with Gasteiger partial charge >= 0.3 is 5.51 Å². The summed E-state index contributed by atoms with van der Waals surface area (Å²) in [6, 6.07) is 3.88. The van der Waals surface area contributed by atoms with Gasteiger partial charge in [-0.3, -0.25) is 4.79 Å². The molecule has 0 saturated carbocycles. The minimum Gasteiger partial charge on any atom is -0.396 e. The lowest BCUT2D eigenvalue weighted by atomic mass is 10.1. The quantitative estimate of drug-likeness (QED) is 0.748. The van der Waals surface area contributed by atoms with Crippen molar-refractivity contribution in [2.24, 2.45) is 5.92 Å². The molecule has 27 heavy (non-hydrogen) atoms. The van der Waals surface area contributed by atoms with E-state index in [4.69, 9.17) is 0 Å². The molecular formula is C16H15F3N2O4S2. The molecule has 11 heteroatoms. The Hall–Kier alpha value is -1.98. The summed E-state index contributed by atoms with van der Waals surface area (Å²) in [6.45, 7) is 1.36. The Kier molecular flexibility index (Phi) is 5.28. The van der Waals surface area contributed by atoms with Crippen LogP contribution < -0.4 is 4.90 Å². The Bertz CT molecular complexity index is 957. The number of carbonyl (C=O) groups is 1. The Morgan fingerprint density at radius 2 is 2.11 bits per heavy atom. The zero-order valence-electron chi connectivity index (χ0n) is 13.8. The van der Waals surface area contributed by atoms with Gasteiger partial charge in [0.1, 0.15) is 0 Å². The number of alkyl halides is 3. The fourth-order valence-electron chi connectivity index (χ4n) is 2.75. The Labute approximate surface area is 157 Å². The van der Waals surface area contributed by atoms with Gasteiger partial charge in [0.2, 0.25) is 5.78 Å². The Morgan fingerprint density at radius 1 is 1.37 bits per heavy atom. The lowest BCUT2D eigenvalue weighted by molar-refractivity contribution is -0.0436. The third-order valence-electron chi connectivity index (χ3n) is 4.24. The SMILES string of the molecule is O=C(c1cccc(S(=O)(=O)C(F)(F)F)c1)c1cnc(N2CC[C@@H](CO)C2)s1. The third kappa shape index (κ3) is 3.85. The molecule has 1 fully saturated rings. The molecule has 3 rings (SSSR count). The fourth-order valence-corrected chi connectivity index (χ4v) is 4.47. The van der Waals surface area contributed by atoms with Gasteiger partial charge in [0.25, 0.3) is 9.84 Å². The van der Waals surface area contributed by atoms with Crippen LogP contribution in [0.2, 0.25) is 0 Å². The first-order valence-electron chi connectivity index (χ1n) is 7.91. The standard InChI is InChI=1S/C16H15F3N2O4S2/c17-16(18,19)27(24,25)12-3-1-2-11(6-12)14(23)13-7-20-15(26-13)21-5-4-10(8-21)9-22/h1-3,6-7,10,22H,4-5,8-9H2/t10-/m1/s1. The molecular weight excluding hydrogens is 405 g/mol. The van der Waals surface area contributed by atoms with Gasteiger partial charge in [-0.25, -0.2) is 13.4 Å². The molecule has 0 amide bonds. The number of hydrogen-bond donors (Lipinski definition) is 1. The minimum atomic E-state index is -5.53. The largest absolute Gasteiger partial charge is 0.501 e. The first-order chi connectivity index (χ1) is 12.6. The Balaban J connectivity index is 1.84. The topological polar surface area (TPSA) is 87.6 Å². The Morgan fingerprint density at radius 3 is 2.74 bits per heavy atom. The zero-order valence-corrected chi connectivity index (χ0v) is 15.4. The van der Waals surface area contributed by atoms with E-state index in [1.54, 1.807) is 0 Å². The van der Waals surface area contributed by atoms with Gasteiger partial charge in [0.15, 0.2) is 5.13 Å². The summed E-state index contributed by atoms with van der Waals surface area (Å²) in [5, 5.41) is 9.77. The number of carbonyl (C=O) groups excluding carboxylic acids is 1. The van der Waals surface area contributed by atoms with Crippen LogP contribution in [0, 0.1) is 5.92 Å². The predicted molar refractivity (Wildman–Crippen MR) is 92.6 cm³/mol. The predicted octanol–water partition coefficient (Wildman–Crippen LogP) is 2.49. The van der Waals surface area contributed by atoms with Gasteiger partial charge in [-0.1, -0.05) is 23.5 Å². The van der Waals surface area contributed by atoms with E-state index < -0.39 is 26.0 Å². The van der Waals surface area contributed by atoms with Crippen LogP contribution in [0.15, 0.2) is 35.4 Å². The van der Waals surface area contributed by atoms with E-state index in [-0.39, 0.29) is 23.0 Å². The smallest absolute Gasteiger partial charge is 0.396 e. The summed E-state index contributed by atoms with van der Waals surface area (Å²) < 4.78 is 61.2. The lowest BCUT2D eigenvalue weighted by Crippen LogP contribution is -2.23. The molecule has 1 aromatic heterocycles. The number of ketones is 1. The molecule has 0 bridgehead atoms. The summed E-state index contributed by atoms with van der Waals surface area (Å²) in [5.41, 5.74) is -5.60. The summed E-state index contributed by atoms with van der Waals surface area (Å²) >= 11 is 1.08. The minimum absolute atomic E-state index is 0.0636. The van der Waals surface area contributed by atoms with Gasteiger partial charge < -0.3 is 10.0 Å². The maximum Gasteiger partial charge on any atom is 0.501 e. The molecule has 1 atom stereocenters. The van der Waals surface area contributed by atoms with Crippen LogP contribution >= 0.6 is 11.3 Å². The van der Waals surface area contributed by atoms with E-state index in [0.29, 0.717) is 18.2 Å². The van der Waals surface area contributed by atoms with Crippen LogP contribution in [0.3, 0.4) is 0 Å². The number of halogens is 3. The van der Waals surface area contributed by atoms with E-state index in [0.717, 1.165) is 36.0 Å². The molecule has 2 heterocycles. The summed E-state index contributed by atoms with van der Waals surface area (Å²) in [7, 11) is -5.53. The van der Waals surface area contributed by atoms with Crippen molar-refractivity contribution < 1.29 is 31.5 Å². The number of rotatable bonds is 5. The maximum absolute atomic E-state index is 12.7. The molecule has 0 unspecified atom stereocenters. The van der Waals surface area contributed by atoms with Gasteiger partial charge in [-0.05, 0) is 18.6 Å². The highest BCUT2D eigenvalue weighted by Crippen LogP contribution is 2.32. The number of aliphatic hydroxyl groups is 1. The van der Waals surface area contributed by atoms with Gasteiger partial charge in [-0.2, -0.15) is 13.2 Å². The van der Waals surface area contributed by atoms with E-state index >= 15 is 0 Å². The van der Waals surface area contributed by atoms with Crippen molar-refractivity contribution in [3.63, 3.8) is 0 Å².